The minimum absolute atomic E-state index is 0.0257. The summed E-state index contributed by atoms with van der Waals surface area (Å²) in [6.45, 7) is 1.17. The Bertz CT molecular complexity index is 1030. The van der Waals surface area contributed by atoms with E-state index in [1.165, 1.54) is 0 Å². The number of carbonyl (C=O) groups excluding carboxylic acids is 2. The summed E-state index contributed by atoms with van der Waals surface area (Å²) in [7, 11) is 0. The van der Waals surface area contributed by atoms with Gasteiger partial charge in [-0.3, -0.25) is 9.59 Å². The van der Waals surface area contributed by atoms with Gasteiger partial charge in [0.2, 0.25) is 5.91 Å². The Morgan fingerprint density at radius 3 is 2.58 bits per heavy atom. The van der Waals surface area contributed by atoms with Gasteiger partial charge in [0.25, 0.3) is 5.91 Å². The number of piperidine rings is 1. The molecule has 0 radical (unpaired) electrons. The number of pyridine rings is 1. The molecule has 5 heteroatoms. The molecule has 1 N–H and O–H groups in total. The third-order valence-electron chi connectivity index (χ3n) is 5.81. The van der Waals surface area contributed by atoms with Gasteiger partial charge in [-0.25, -0.2) is 0 Å². The lowest BCUT2D eigenvalue weighted by Gasteiger charge is -2.38. The van der Waals surface area contributed by atoms with Gasteiger partial charge in [-0.05, 0) is 48.7 Å². The molecule has 1 spiro atoms. The summed E-state index contributed by atoms with van der Waals surface area (Å²) in [5.74, 6) is 0.0941. The Balaban J connectivity index is 1.41. The topological polar surface area (TPSA) is 53.8 Å². The number of benzene rings is 1. The molecular formula is C21H19N3O2. The number of anilines is 1. The highest BCUT2D eigenvalue weighted by Crippen LogP contribution is 2.44. The minimum Gasteiger partial charge on any atom is -0.337 e. The monoisotopic (exact) mass is 345 g/mol. The van der Waals surface area contributed by atoms with Crippen molar-refractivity contribution in [3.63, 3.8) is 0 Å². The second-order valence-corrected chi connectivity index (χ2v) is 7.09. The molecule has 0 unspecified atom stereocenters. The van der Waals surface area contributed by atoms with E-state index >= 15 is 0 Å². The minimum atomic E-state index is -0.491. The highest BCUT2D eigenvalue weighted by Gasteiger charge is 2.48. The molecule has 5 nitrogen and oxygen atoms in total. The second-order valence-electron chi connectivity index (χ2n) is 7.09. The fraction of sp³-hybridized carbons (Fsp3) is 0.238. The SMILES string of the molecule is O=C(c1ccc2ccccn12)N1CCC2(CC1)C(=O)Nc1ccccc12. The molecule has 0 bridgehead atoms. The third-order valence-corrected chi connectivity index (χ3v) is 5.81. The number of fused-ring (bicyclic) bond motifs is 3. The van der Waals surface area contributed by atoms with Crippen molar-refractivity contribution in [2.75, 3.05) is 18.4 Å². The molecule has 0 aliphatic carbocycles. The van der Waals surface area contributed by atoms with E-state index in [1.807, 2.05) is 70.1 Å². The Hall–Kier alpha value is -3.08. The van der Waals surface area contributed by atoms with Gasteiger partial charge in [-0.2, -0.15) is 0 Å². The molecule has 1 aromatic carbocycles. The molecule has 2 aliphatic heterocycles. The zero-order valence-corrected chi connectivity index (χ0v) is 14.3. The van der Waals surface area contributed by atoms with Crippen LogP contribution in [0.1, 0.15) is 28.9 Å². The maximum atomic E-state index is 13.0. The summed E-state index contributed by atoms with van der Waals surface area (Å²) in [6, 6.07) is 17.6. The zero-order valence-electron chi connectivity index (χ0n) is 14.3. The fourth-order valence-corrected chi connectivity index (χ4v) is 4.35. The van der Waals surface area contributed by atoms with E-state index in [9.17, 15) is 9.59 Å². The van der Waals surface area contributed by atoms with Crippen LogP contribution in [-0.2, 0) is 10.2 Å². The van der Waals surface area contributed by atoms with Crippen molar-refractivity contribution in [3.05, 3.63) is 72.1 Å². The summed E-state index contributed by atoms with van der Waals surface area (Å²) >= 11 is 0. The normalized spacial score (nSPS) is 18.2. The van der Waals surface area contributed by atoms with Crippen molar-refractivity contribution in [1.82, 2.24) is 9.30 Å². The number of likely N-dealkylation sites (tertiary alicyclic amines) is 1. The zero-order chi connectivity index (χ0) is 17.7. The lowest BCUT2D eigenvalue weighted by molar-refractivity contribution is -0.122. The van der Waals surface area contributed by atoms with Crippen molar-refractivity contribution in [1.29, 1.82) is 0 Å². The van der Waals surface area contributed by atoms with E-state index in [2.05, 4.69) is 5.32 Å². The average molecular weight is 345 g/mol. The van der Waals surface area contributed by atoms with Crippen molar-refractivity contribution >= 4 is 23.0 Å². The molecule has 2 aliphatic rings. The Morgan fingerprint density at radius 1 is 0.962 bits per heavy atom. The van der Waals surface area contributed by atoms with Crippen LogP contribution < -0.4 is 5.32 Å². The standard InChI is InChI=1S/C21H19N3O2/c25-19(18-9-8-15-5-3-4-12-24(15)18)23-13-10-21(11-14-23)16-6-1-2-7-17(16)22-20(21)26/h1-9,12H,10-11,13-14H2,(H,22,26). The molecule has 0 atom stereocenters. The largest absolute Gasteiger partial charge is 0.337 e. The van der Waals surface area contributed by atoms with Crippen molar-refractivity contribution in [2.24, 2.45) is 0 Å². The molecule has 1 saturated heterocycles. The summed E-state index contributed by atoms with van der Waals surface area (Å²) in [5, 5.41) is 3.01. The van der Waals surface area contributed by atoms with E-state index in [4.69, 9.17) is 0 Å². The first-order chi connectivity index (χ1) is 12.7. The van der Waals surface area contributed by atoms with Crippen LogP contribution in [0.4, 0.5) is 5.69 Å². The van der Waals surface area contributed by atoms with Crippen LogP contribution in [0, 0.1) is 0 Å². The Labute approximate surface area is 151 Å². The number of rotatable bonds is 1. The van der Waals surface area contributed by atoms with Crippen LogP contribution in [0.15, 0.2) is 60.8 Å². The van der Waals surface area contributed by atoms with E-state index in [0.717, 1.165) is 16.8 Å². The van der Waals surface area contributed by atoms with E-state index < -0.39 is 5.41 Å². The van der Waals surface area contributed by atoms with Gasteiger partial charge in [-0.15, -0.1) is 0 Å². The molecule has 2 aromatic heterocycles. The van der Waals surface area contributed by atoms with Gasteiger partial charge in [0.1, 0.15) is 5.69 Å². The first-order valence-corrected chi connectivity index (χ1v) is 8.95. The van der Waals surface area contributed by atoms with Gasteiger partial charge in [0, 0.05) is 30.5 Å². The molecule has 3 aromatic rings. The number of aromatic nitrogens is 1. The highest BCUT2D eigenvalue weighted by atomic mass is 16.2. The first-order valence-electron chi connectivity index (χ1n) is 8.95. The number of hydrogen-bond donors (Lipinski definition) is 1. The summed E-state index contributed by atoms with van der Waals surface area (Å²) < 4.78 is 1.92. The van der Waals surface area contributed by atoms with Gasteiger partial charge >= 0.3 is 0 Å². The van der Waals surface area contributed by atoms with Crippen molar-refractivity contribution < 1.29 is 9.59 Å². The Kier molecular flexibility index (Phi) is 3.19. The van der Waals surface area contributed by atoms with Gasteiger partial charge in [-0.1, -0.05) is 24.3 Å². The van der Waals surface area contributed by atoms with Crippen molar-refractivity contribution in [3.8, 4) is 0 Å². The first kappa shape index (κ1) is 15.2. The maximum absolute atomic E-state index is 13.0. The molecule has 26 heavy (non-hydrogen) atoms. The van der Waals surface area contributed by atoms with Crippen LogP contribution in [0.5, 0.6) is 0 Å². The molecule has 5 rings (SSSR count). The second kappa shape index (κ2) is 5.46. The lowest BCUT2D eigenvalue weighted by atomic mass is 9.73. The molecule has 130 valence electrons. The van der Waals surface area contributed by atoms with Crippen LogP contribution in [0.25, 0.3) is 5.52 Å². The average Bonchev–Trinajstić information content (AvgIpc) is 3.22. The van der Waals surface area contributed by atoms with E-state index in [1.54, 1.807) is 0 Å². The van der Waals surface area contributed by atoms with Crippen LogP contribution >= 0.6 is 0 Å². The smallest absolute Gasteiger partial charge is 0.270 e. The third kappa shape index (κ3) is 2.03. The number of nitrogens with one attached hydrogen (secondary N) is 1. The van der Waals surface area contributed by atoms with Crippen molar-refractivity contribution in [2.45, 2.75) is 18.3 Å². The number of carbonyl (C=O) groups is 2. The maximum Gasteiger partial charge on any atom is 0.270 e. The molecule has 0 saturated carbocycles. The number of para-hydroxylation sites is 1. The predicted octanol–water partition coefficient (Wildman–Crippen LogP) is 3.07. The van der Waals surface area contributed by atoms with Crippen LogP contribution in [-0.4, -0.2) is 34.2 Å². The molecule has 2 amide bonds. The molecular weight excluding hydrogens is 326 g/mol. The lowest BCUT2D eigenvalue weighted by Crippen LogP contribution is -2.48. The predicted molar refractivity (Wildman–Crippen MR) is 99.3 cm³/mol. The quantitative estimate of drug-likeness (QED) is 0.737. The van der Waals surface area contributed by atoms with Crippen LogP contribution in [0.3, 0.4) is 0 Å². The summed E-state index contributed by atoms with van der Waals surface area (Å²) in [4.78, 5) is 27.5. The Morgan fingerprint density at radius 2 is 1.73 bits per heavy atom. The van der Waals surface area contributed by atoms with E-state index in [0.29, 0.717) is 31.6 Å². The fourth-order valence-electron chi connectivity index (χ4n) is 4.35. The molecule has 4 heterocycles. The summed E-state index contributed by atoms with van der Waals surface area (Å²) in [6.07, 6.45) is 3.23. The highest BCUT2D eigenvalue weighted by molar-refractivity contribution is 6.06. The van der Waals surface area contributed by atoms with Gasteiger partial charge < -0.3 is 14.6 Å². The van der Waals surface area contributed by atoms with Crippen LogP contribution in [0.2, 0.25) is 0 Å². The number of amides is 2. The van der Waals surface area contributed by atoms with Gasteiger partial charge in [0.05, 0.1) is 5.41 Å². The summed E-state index contributed by atoms with van der Waals surface area (Å²) in [5.41, 5.74) is 3.18. The molecule has 1 fully saturated rings. The number of nitrogens with zero attached hydrogens (tertiary/aromatic N) is 2. The number of hydrogen-bond acceptors (Lipinski definition) is 2. The van der Waals surface area contributed by atoms with E-state index in [-0.39, 0.29) is 11.8 Å². The van der Waals surface area contributed by atoms with Gasteiger partial charge in [0.15, 0.2) is 0 Å².